The lowest BCUT2D eigenvalue weighted by Gasteiger charge is -2.34. The van der Waals surface area contributed by atoms with Gasteiger partial charge in [0.05, 0.1) is 17.4 Å². The molecule has 2 heterocycles. The first-order valence-corrected chi connectivity index (χ1v) is 9.67. The maximum absolute atomic E-state index is 11.1. The summed E-state index contributed by atoms with van der Waals surface area (Å²) in [5, 5.41) is 8.55. The van der Waals surface area contributed by atoms with E-state index in [1.165, 1.54) is 19.0 Å². The first-order valence-electron chi connectivity index (χ1n) is 9.67. The molecule has 0 bridgehead atoms. The second-order valence-electron chi connectivity index (χ2n) is 8.59. The number of benzene rings is 1. The number of carbonyl (C=O) groups excluding carboxylic acids is 1. The maximum Gasteiger partial charge on any atom is 0.267 e. The lowest BCUT2D eigenvalue weighted by Crippen LogP contribution is -2.36. The molecule has 0 unspecified atom stereocenters. The van der Waals surface area contributed by atoms with E-state index in [2.05, 4.69) is 41.3 Å². The number of rotatable bonds is 5. The molecular formula is C21H30N4O2. The topological polar surface area (TPSA) is 70.4 Å². The van der Waals surface area contributed by atoms with Crippen molar-refractivity contribution in [1.82, 2.24) is 19.9 Å². The average Bonchev–Trinajstić information content (AvgIpc) is 3.07. The van der Waals surface area contributed by atoms with Crippen molar-refractivity contribution in [3.05, 3.63) is 36.2 Å². The van der Waals surface area contributed by atoms with Crippen molar-refractivity contribution in [2.75, 3.05) is 19.6 Å². The number of carbonyl (C=O) groups is 1. The van der Waals surface area contributed by atoms with E-state index < -0.39 is 5.91 Å². The summed E-state index contributed by atoms with van der Waals surface area (Å²) in [6.07, 6.45) is 8.43. The van der Waals surface area contributed by atoms with Gasteiger partial charge in [0.1, 0.15) is 0 Å². The summed E-state index contributed by atoms with van der Waals surface area (Å²) in [7, 11) is 0. The van der Waals surface area contributed by atoms with Crippen LogP contribution in [0.4, 0.5) is 0 Å². The maximum atomic E-state index is 11.1. The fraction of sp³-hybridized carbons (Fsp3) is 0.524. The van der Waals surface area contributed by atoms with E-state index in [1.54, 1.807) is 11.6 Å². The Bertz CT molecular complexity index is 811. The molecule has 1 aromatic carbocycles. The molecule has 146 valence electrons. The highest BCUT2D eigenvalue weighted by molar-refractivity contribution is 5.91. The quantitative estimate of drug-likeness (QED) is 0.479. The molecule has 1 aliphatic rings. The van der Waals surface area contributed by atoms with Crippen molar-refractivity contribution in [2.24, 2.45) is 5.41 Å². The lowest BCUT2D eigenvalue weighted by molar-refractivity contribution is -0.124. The Labute approximate surface area is 160 Å². The van der Waals surface area contributed by atoms with Crippen LogP contribution >= 0.6 is 0 Å². The molecule has 0 aliphatic carbocycles. The molecule has 3 rings (SSSR count). The Morgan fingerprint density at radius 1 is 1.33 bits per heavy atom. The molecule has 1 aliphatic heterocycles. The molecule has 0 radical (unpaired) electrons. The van der Waals surface area contributed by atoms with Crippen LogP contribution in [-0.4, -0.2) is 45.2 Å². The van der Waals surface area contributed by atoms with Crippen molar-refractivity contribution in [3.63, 3.8) is 0 Å². The molecule has 1 amide bonds. The second-order valence-corrected chi connectivity index (χ2v) is 8.59. The number of nitrogens with zero attached hydrogens (tertiary/aromatic N) is 3. The zero-order valence-electron chi connectivity index (χ0n) is 16.5. The van der Waals surface area contributed by atoms with Crippen LogP contribution in [0.15, 0.2) is 30.6 Å². The Morgan fingerprint density at radius 2 is 2.07 bits per heavy atom. The molecule has 0 spiro atoms. The van der Waals surface area contributed by atoms with Crippen LogP contribution in [0.25, 0.3) is 17.1 Å². The van der Waals surface area contributed by atoms with Crippen molar-refractivity contribution >= 4 is 23.0 Å². The van der Waals surface area contributed by atoms with Crippen molar-refractivity contribution in [3.8, 4) is 0 Å². The molecule has 0 saturated carbocycles. The predicted molar refractivity (Wildman–Crippen MR) is 107 cm³/mol. The van der Waals surface area contributed by atoms with Gasteiger partial charge in [0.2, 0.25) is 0 Å². The standard InChI is InChI=1S/C21H30N4O2/c1-21(2,3)10-13-24-11-8-17(9-12-24)25-15-22-18-14-16(4-6-19(18)25)5-7-20(26)23-27/h4-7,14-15,17,27H,8-13H2,1-3H3,(H,23,26). The number of fused-ring (bicyclic) bond motifs is 1. The summed E-state index contributed by atoms with van der Waals surface area (Å²) >= 11 is 0. The van der Waals surface area contributed by atoms with E-state index in [-0.39, 0.29) is 0 Å². The summed E-state index contributed by atoms with van der Waals surface area (Å²) in [5.41, 5.74) is 4.92. The Hall–Kier alpha value is -2.18. The number of piperidine rings is 1. The highest BCUT2D eigenvalue weighted by atomic mass is 16.5. The normalized spacial score (nSPS) is 17.0. The molecule has 1 fully saturated rings. The van der Waals surface area contributed by atoms with Crippen LogP contribution < -0.4 is 5.48 Å². The van der Waals surface area contributed by atoms with Gasteiger partial charge in [0.15, 0.2) is 0 Å². The summed E-state index contributed by atoms with van der Waals surface area (Å²) in [6.45, 7) is 10.4. The van der Waals surface area contributed by atoms with Gasteiger partial charge in [0, 0.05) is 25.2 Å². The molecule has 1 aromatic heterocycles. The molecule has 1 saturated heterocycles. The molecule has 2 N–H and O–H groups in total. The fourth-order valence-electron chi connectivity index (χ4n) is 3.57. The number of imidazole rings is 1. The lowest BCUT2D eigenvalue weighted by atomic mass is 9.91. The first-order chi connectivity index (χ1) is 12.9. The van der Waals surface area contributed by atoms with Crippen molar-refractivity contribution < 1.29 is 10.0 Å². The third-order valence-corrected chi connectivity index (χ3v) is 5.26. The van der Waals surface area contributed by atoms with E-state index in [1.807, 2.05) is 18.5 Å². The minimum absolute atomic E-state index is 0.390. The predicted octanol–water partition coefficient (Wildman–Crippen LogP) is 3.63. The molecular weight excluding hydrogens is 340 g/mol. The smallest absolute Gasteiger partial charge is 0.267 e. The first kappa shape index (κ1) is 19.6. The van der Waals surface area contributed by atoms with Gasteiger partial charge in [-0.2, -0.15) is 0 Å². The molecule has 2 aromatic rings. The minimum atomic E-state index is -0.543. The van der Waals surface area contributed by atoms with Gasteiger partial charge in [0.25, 0.3) is 5.91 Å². The van der Waals surface area contributed by atoms with Gasteiger partial charge in [-0.1, -0.05) is 26.8 Å². The van der Waals surface area contributed by atoms with Crippen LogP contribution in [0.1, 0.15) is 51.6 Å². The molecule has 0 atom stereocenters. The number of hydrogen-bond donors (Lipinski definition) is 2. The van der Waals surface area contributed by atoms with E-state index >= 15 is 0 Å². The van der Waals surface area contributed by atoms with Crippen LogP contribution in [0.2, 0.25) is 0 Å². The van der Waals surface area contributed by atoms with Crippen molar-refractivity contribution in [1.29, 1.82) is 0 Å². The van der Waals surface area contributed by atoms with Gasteiger partial charge >= 0.3 is 0 Å². The van der Waals surface area contributed by atoms with Crippen LogP contribution in [0, 0.1) is 5.41 Å². The van der Waals surface area contributed by atoms with E-state index in [0.717, 1.165) is 42.5 Å². The molecule has 6 heteroatoms. The third kappa shape index (κ3) is 5.17. The zero-order chi connectivity index (χ0) is 19.4. The van der Waals surface area contributed by atoms with Gasteiger partial charge in [-0.25, -0.2) is 10.5 Å². The van der Waals surface area contributed by atoms with E-state index in [0.29, 0.717) is 11.5 Å². The highest BCUT2D eigenvalue weighted by Gasteiger charge is 2.22. The van der Waals surface area contributed by atoms with Crippen LogP contribution in [0.3, 0.4) is 0 Å². The largest absolute Gasteiger partial charge is 0.327 e. The third-order valence-electron chi connectivity index (χ3n) is 5.26. The van der Waals surface area contributed by atoms with Crippen LogP contribution in [0.5, 0.6) is 0 Å². The van der Waals surface area contributed by atoms with Gasteiger partial charge < -0.3 is 9.47 Å². The molecule has 27 heavy (non-hydrogen) atoms. The Balaban J connectivity index is 1.64. The SMILES string of the molecule is CC(C)(C)CCN1CCC(n2cnc3cc(C=CC(=O)NO)ccc32)CC1. The second kappa shape index (κ2) is 8.23. The highest BCUT2D eigenvalue weighted by Crippen LogP contribution is 2.28. The summed E-state index contributed by atoms with van der Waals surface area (Å²) in [6, 6.07) is 6.48. The van der Waals surface area contributed by atoms with E-state index in [9.17, 15) is 4.79 Å². The van der Waals surface area contributed by atoms with Crippen molar-refractivity contribution in [2.45, 2.75) is 46.1 Å². The number of amides is 1. The van der Waals surface area contributed by atoms with Gasteiger partial charge in [-0.3, -0.25) is 10.0 Å². The summed E-state index contributed by atoms with van der Waals surface area (Å²) < 4.78 is 2.30. The number of likely N-dealkylation sites (tertiary alicyclic amines) is 1. The number of nitrogens with one attached hydrogen (secondary N) is 1. The van der Waals surface area contributed by atoms with Gasteiger partial charge in [-0.15, -0.1) is 0 Å². The summed E-state index contributed by atoms with van der Waals surface area (Å²) in [4.78, 5) is 18.2. The van der Waals surface area contributed by atoms with Crippen LogP contribution in [-0.2, 0) is 4.79 Å². The average molecular weight is 370 g/mol. The number of hydrogen-bond acceptors (Lipinski definition) is 4. The number of aromatic nitrogens is 2. The zero-order valence-corrected chi connectivity index (χ0v) is 16.5. The Morgan fingerprint density at radius 3 is 2.74 bits per heavy atom. The fourth-order valence-corrected chi connectivity index (χ4v) is 3.57. The van der Waals surface area contributed by atoms with E-state index in [4.69, 9.17) is 5.21 Å². The number of hydroxylamine groups is 1. The molecule has 6 nitrogen and oxygen atoms in total. The Kier molecular flexibility index (Phi) is 5.97. The minimum Gasteiger partial charge on any atom is -0.327 e. The van der Waals surface area contributed by atoms with Gasteiger partial charge in [-0.05, 0) is 55.0 Å². The summed E-state index contributed by atoms with van der Waals surface area (Å²) in [5.74, 6) is -0.543. The monoisotopic (exact) mass is 370 g/mol.